The lowest BCUT2D eigenvalue weighted by Crippen LogP contribution is -2.19. The highest BCUT2D eigenvalue weighted by Gasteiger charge is 2.14. The number of rotatable bonds is 4. The molecule has 0 aliphatic carbocycles. The van der Waals surface area contributed by atoms with Gasteiger partial charge >= 0.3 is 0 Å². The Morgan fingerprint density at radius 2 is 1.89 bits per heavy atom. The van der Waals surface area contributed by atoms with Gasteiger partial charge in [-0.2, -0.15) is 0 Å². The minimum absolute atomic E-state index is 0.164. The van der Waals surface area contributed by atoms with Crippen molar-refractivity contribution < 1.29 is 0 Å². The number of hydrogen-bond acceptors (Lipinski definition) is 2. The van der Waals surface area contributed by atoms with Gasteiger partial charge in [0.15, 0.2) is 0 Å². The highest BCUT2D eigenvalue weighted by molar-refractivity contribution is 5.33. The van der Waals surface area contributed by atoms with Crippen molar-refractivity contribution in [1.82, 2.24) is 10.3 Å². The number of nitrogens with zero attached hydrogens (tertiary/aromatic N) is 1. The number of aryl methyl sites for hydroxylation is 2. The lowest BCUT2D eigenvalue weighted by molar-refractivity contribution is 0.665. The summed E-state index contributed by atoms with van der Waals surface area (Å²) in [7, 11) is 1.98. The summed E-state index contributed by atoms with van der Waals surface area (Å²) < 4.78 is 0. The molecule has 2 aromatic rings. The van der Waals surface area contributed by atoms with E-state index in [-0.39, 0.29) is 6.04 Å². The van der Waals surface area contributed by atoms with E-state index < -0.39 is 0 Å². The maximum atomic E-state index is 4.51. The van der Waals surface area contributed by atoms with E-state index in [0.29, 0.717) is 0 Å². The molecule has 2 rings (SSSR count). The summed E-state index contributed by atoms with van der Waals surface area (Å²) in [5, 5.41) is 3.35. The first-order valence-corrected chi connectivity index (χ1v) is 6.44. The molecule has 0 fully saturated rings. The van der Waals surface area contributed by atoms with E-state index in [4.69, 9.17) is 0 Å². The fourth-order valence-corrected chi connectivity index (χ4v) is 2.21. The molecular weight excluding hydrogens is 220 g/mol. The summed E-state index contributed by atoms with van der Waals surface area (Å²) in [6.45, 7) is 4.28. The monoisotopic (exact) mass is 240 g/mol. The quantitative estimate of drug-likeness (QED) is 0.887. The van der Waals surface area contributed by atoms with Crippen LogP contribution < -0.4 is 5.32 Å². The number of pyridine rings is 1. The van der Waals surface area contributed by atoms with Crippen molar-refractivity contribution in [3.63, 3.8) is 0 Å². The molecule has 1 N–H and O–H groups in total. The van der Waals surface area contributed by atoms with E-state index in [1.54, 1.807) is 0 Å². The van der Waals surface area contributed by atoms with Crippen LogP contribution in [0.5, 0.6) is 0 Å². The molecule has 1 unspecified atom stereocenters. The van der Waals surface area contributed by atoms with Gasteiger partial charge in [-0.1, -0.05) is 37.3 Å². The molecule has 1 heterocycles. The number of hydrogen-bond donors (Lipinski definition) is 1. The van der Waals surface area contributed by atoms with Gasteiger partial charge in [-0.25, -0.2) is 0 Å². The van der Waals surface area contributed by atoms with Crippen LogP contribution in [0.25, 0.3) is 0 Å². The highest BCUT2D eigenvalue weighted by atomic mass is 14.9. The smallest absolute Gasteiger partial charge is 0.0751 e. The first-order chi connectivity index (χ1) is 8.76. The topological polar surface area (TPSA) is 24.9 Å². The van der Waals surface area contributed by atoms with Gasteiger partial charge in [-0.15, -0.1) is 0 Å². The second kappa shape index (κ2) is 5.78. The third-order valence-electron chi connectivity index (χ3n) is 3.33. The van der Waals surface area contributed by atoms with Crippen LogP contribution in [0.3, 0.4) is 0 Å². The van der Waals surface area contributed by atoms with Crippen LogP contribution in [0.4, 0.5) is 0 Å². The standard InChI is InChI=1S/C16H20N2/c1-4-13-7-9-14(10-8-13)16(17-3)15-12(2)6-5-11-18-15/h5-11,16-17H,4H2,1-3H3. The van der Waals surface area contributed by atoms with E-state index >= 15 is 0 Å². The molecule has 94 valence electrons. The molecule has 0 amide bonds. The molecule has 0 saturated heterocycles. The minimum Gasteiger partial charge on any atom is -0.308 e. The van der Waals surface area contributed by atoms with Crippen molar-refractivity contribution in [3.05, 3.63) is 65.0 Å². The van der Waals surface area contributed by atoms with E-state index in [0.717, 1.165) is 12.1 Å². The Hall–Kier alpha value is -1.67. The Balaban J connectivity index is 2.36. The lowest BCUT2D eigenvalue weighted by Gasteiger charge is -2.18. The molecule has 0 bridgehead atoms. The van der Waals surface area contributed by atoms with Crippen LogP contribution in [0, 0.1) is 6.92 Å². The second-order valence-electron chi connectivity index (χ2n) is 4.52. The summed E-state index contributed by atoms with van der Waals surface area (Å²) >= 11 is 0. The second-order valence-corrected chi connectivity index (χ2v) is 4.52. The average Bonchev–Trinajstić information content (AvgIpc) is 2.42. The van der Waals surface area contributed by atoms with Crippen molar-refractivity contribution in [1.29, 1.82) is 0 Å². The first-order valence-electron chi connectivity index (χ1n) is 6.44. The number of benzene rings is 1. The average molecular weight is 240 g/mol. The Morgan fingerprint density at radius 1 is 1.17 bits per heavy atom. The fourth-order valence-electron chi connectivity index (χ4n) is 2.21. The molecule has 0 aliphatic rings. The van der Waals surface area contributed by atoms with E-state index in [9.17, 15) is 0 Å². The van der Waals surface area contributed by atoms with Crippen LogP contribution in [0.2, 0.25) is 0 Å². The Kier molecular flexibility index (Phi) is 4.11. The zero-order valence-electron chi connectivity index (χ0n) is 11.3. The maximum absolute atomic E-state index is 4.51. The van der Waals surface area contributed by atoms with E-state index in [1.165, 1.54) is 16.7 Å². The molecule has 18 heavy (non-hydrogen) atoms. The largest absolute Gasteiger partial charge is 0.308 e. The van der Waals surface area contributed by atoms with Crippen molar-refractivity contribution in [3.8, 4) is 0 Å². The number of nitrogens with one attached hydrogen (secondary N) is 1. The van der Waals surface area contributed by atoms with Gasteiger partial charge in [-0.05, 0) is 43.1 Å². The van der Waals surface area contributed by atoms with Crippen molar-refractivity contribution in [2.75, 3.05) is 7.05 Å². The fraction of sp³-hybridized carbons (Fsp3) is 0.312. The molecule has 0 radical (unpaired) electrons. The van der Waals surface area contributed by atoms with Gasteiger partial charge in [0, 0.05) is 6.20 Å². The molecular formula is C16H20N2. The summed E-state index contributed by atoms with van der Waals surface area (Å²) in [5.41, 5.74) is 4.95. The molecule has 1 aromatic heterocycles. The zero-order chi connectivity index (χ0) is 13.0. The molecule has 0 saturated carbocycles. The Bertz CT molecular complexity index is 503. The third-order valence-corrected chi connectivity index (χ3v) is 3.33. The van der Waals surface area contributed by atoms with Crippen molar-refractivity contribution in [2.24, 2.45) is 0 Å². The van der Waals surface area contributed by atoms with Gasteiger partial charge in [0.05, 0.1) is 11.7 Å². The lowest BCUT2D eigenvalue weighted by atomic mass is 9.98. The normalized spacial score (nSPS) is 12.4. The van der Waals surface area contributed by atoms with Gasteiger partial charge in [-0.3, -0.25) is 4.98 Å². The minimum atomic E-state index is 0.164. The van der Waals surface area contributed by atoms with E-state index in [1.807, 2.05) is 19.3 Å². The molecule has 2 heteroatoms. The Morgan fingerprint density at radius 3 is 2.44 bits per heavy atom. The van der Waals surface area contributed by atoms with Crippen molar-refractivity contribution >= 4 is 0 Å². The van der Waals surface area contributed by atoms with Crippen LogP contribution in [0.1, 0.15) is 35.3 Å². The molecule has 1 atom stereocenters. The van der Waals surface area contributed by atoms with Gasteiger partial charge < -0.3 is 5.32 Å². The summed E-state index contributed by atoms with van der Waals surface area (Å²) in [5.74, 6) is 0. The molecule has 0 spiro atoms. The summed E-state index contributed by atoms with van der Waals surface area (Å²) in [4.78, 5) is 4.51. The summed E-state index contributed by atoms with van der Waals surface area (Å²) in [6.07, 6.45) is 2.93. The maximum Gasteiger partial charge on any atom is 0.0751 e. The molecule has 1 aromatic carbocycles. The summed E-state index contributed by atoms with van der Waals surface area (Å²) in [6, 6.07) is 13.0. The predicted octanol–water partition coefficient (Wildman–Crippen LogP) is 3.26. The van der Waals surface area contributed by atoms with Crippen LogP contribution in [-0.4, -0.2) is 12.0 Å². The van der Waals surface area contributed by atoms with Crippen LogP contribution in [0.15, 0.2) is 42.6 Å². The number of aromatic nitrogens is 1. The predicted molar refractivity (Wildman–Crippen MR) is 75.7 cm³/mol. The third kappa shape index (κ3) is 2.59. The van der Waals surface area contributed by atoms with Crippen LogP contribution >= 0.6 is 0 Å². The first kappa shape index (κ1) is 12.8. The SMILES string of the molecule is CCc1ccc(C(NC)c2ncccc2C)cc1. The zero-order valence-corrected chi connectivity index (χ0v) is 11.3. The Labute approximate surface area is 109 Å². The molecule has 2 nitrogen and oxygen atoms in total. The van der Waals surface area contributed by atoms with Gasteiger partial charge in [0.2, 0.25) is 0 Å². The van der Waals surface area contributed by atoms with Crippen molar-refractivity contribution in [2.45, 2.75) is 26.3 Å². The van der Waals surface area contributed by atoms with Crippen LogP contribution in [-0.2, 0) is 6.42 Å². The van der Waals surface area contributed by atoms with Gasteiger partial charge in [0.25, 0.3) is 0 Å². The highest BCUT2D eigenvalue weighted by Crippen LogP contribution is 2.22. The van der Waals surface area contributed by atoms with E-state index in [2.05, 4.69) is 54.5 Å². The van der Waals surface area contributed by atoms with Gasteiger partial charge in [0.1, 0.15) is 0 Å². The molecule has 0 aliphatic heterocycles.